The second-order valence-electron chi connectivity index (χ2n) is 9.84. The lowest BCUT2D eigenvalue weighted by molar-refractivity contribution is -0.137. The number of unbranched alkanes of at least 4 members (excludes halogenated alkanes) is 2. The molecule has 0 aliphatic heterocycles. The molecule has 0 saturated heterocycles. The highest BCUT2D eigenvalue weighted by Crippen LogP contribution is 2.31. The van der Waals surface area contributed by atoms with Crippen molar-refractivity contribution in [2.75, 3.05) is 17.8 Å². The van der Waals surface area contributed by atoms with E-state index in [0.717, 1.165) is 25.3 Å². The minimum Gasteiger partial charge on any atom is -0.677 e. The van der Waals surface area contributed by atoms with Crippen molar-refractivity contribution < 1.29 is 40.0 Å². The number of nitrogens with one attached hydrogen (secondary N) is 4. The average molecular weight is 637 g/mol. The Hall–Kier alpha value is -4.37. The molecule has 0 spiro atoms. The van der Waals surface area contributed by atoms with Gasteiger partial charge in [0.05, 0.1) is 21.7 Å². The number of hydrogen-bond acceptors (Lipinski definition) is 5. The molecular weight excluding hydrogens is 609 g/mol. The predicted octanol–water partition coefficient (Wildman–Crippen LogP) is 6.16. The van der Waals surface area contributed by atoms with Crippen LogP contribution in [0.1, 0.15) is 52.7 Å². The van der Waals surface area contributed by atoms with Gasteiger partial charge in [0.15, 0.2) is 5.82 Å². The molecule has 44 heavy (non-hydrogen) atoms. The molecule has 0 atom stereocenters. The fraction of sp³-hybridized carbons (Fsp3) is 0.276. The molecule has 0 aliphatic rings. The van der Waals surface area contributed by atoms with E-state index in [1.165, 1.54) is 12.4 Å². The number of benzene rings is 2. The van der Waals surface area contributed by atoms with E-state index in [0.29, 0.717) is 49.0 Å². The van der Waals surface area contributed by atoms with Crippen LogP contribution in [0.3, 0.4) is 0 Å². The largest absolute Gasteiger partial charge is 0.677 e. The summed E-state index contributed by atoms with van der Waals surface area (Å²) in [5.41, 5.74) is 4.83. The van der Waals surface area contributed by atoms with Crippen LogP contribution in [0.25, 0.3) is 16.8 Å². The third kappa shape index (κ3) is 7.58. The number of pyridine rings is 1. The third-order valence-corrected chi connectivity index (χ3v) is 8.08. The second kappa shape index (κ2) is 13.5. The number of carbonyl (C=O) groups is 2. The monoisotopic (exact) mass is 636 g/mol. The maximum atomic E-state index is 15.5. The fourth-order valence-electron chi connectivity index (χ4n) is 4.37. The first kappa shape index (κ1) is 32.5. The van der Waals surface area contributed by atoms with Gasteiger partial charge < -0.3 is 16.0 Å². The zero-order valence-corrected chi connectivity index (χ0v) is 23.8. The molecule has 0 aliphatic carbocycles. The Balaban J connectivity index is 1.53. The van der Waals surface area contributed by atoms with Gasteiger partial charge in [0.1, 0.15) is 11.5 Å². The van der Waals surface area contributed by atoms with Gasteiger partial charge in [-0.15, -0.1) is 0 Å². The minimum absolute atomic E-state index is 0.129. The molecule has 0 saturated carbocycles. The van der Waals surface area contributed by atoms with E-state index in [1.807, 2.05) is 4.72 Å². The number of fused-ring (bicyclic) bond motifs is 1. The van der Waals surface area contributed by atoms with Gasteiger partial charge in [-0.3, -0.25) is 14.3 Å². The van der Waals surface area contributed by atoms with Gasteiger partial charge >= 0.3 is 6.18 Å². The van der Waals surface area contributed by atoms with Crippen LogP contribution in [0.15, 0.2) is 59.8 Å². The van der Waals surface area contributed by atoms with E-state index in [9.17, 15) is 35.6 Å². The molecular formula is C29H27F5N5O4S-. The SMILES string of the molecule is [NH-]CCCCCNC(=O)CCc1cnc2[nH]cc(C(=O)c3c(F)ccc(NS(=O)(=O)c4ccc(C(F)(F)F)cc4)c3F)c2c1. The van der Waals surface area contributed by atoms with Gasteiger partial charge in [-0.05, 0) is 60.9 Å². The van der Waals surface area contributed by atoms with Crippen LogP contribution in [0.5, 0.6) is 0 Å². The van der Waals surface area contributed by atoms with Crippen molar-refractivity contribution in [2.45, 2.75) is 43.2 Å². The van der Waals surface area contributed by atoms with Crippen molar-refractivity contribution in [3.63, 3.8) is 0 Å². The molecule has 0 bridgehead atoms. The van der Waals surface area contributed by atoms with Crippen LogP contribution < -0.4 is 10.0 Å². The smallest absolute Gasteiger partial charge is 0.416 e. The van der Waals surface area contributed by atoms with E-state index in [2.05, 4.69) is 15.3 Å². The standard InChI is InChI=1S/C29H27F5N5O4S/c30-22-9-10-23(39-44(42,43)19-7-5-18(6-8-19)29(32,33)34)26(31)25(22)27(41)21-16-38-28-20(21)14-17(15-37-28)4-11-24(40)36-13-3-1-2-12-35/h5-10,14-16,35,39H,1-4,11-13H2,(H,36,40)(H,37,38)/q-1. The van der Waals surface area contributed by atoms with Crippen molar-refractivity contribution in [2.24, 2.45) is 0 Å². The number of hydrogen-bond donors (Lipinski definition) is 3. The zero-order chi connectivity index (χ0) is 32.1. The van der Waals surface area contributed by atoms with Crippen molar-refractivity contribution in [3.05, 3.63) is 94.5 Å². The van der Waals surface area contributed by atoms with Gasteiger partial charge in [-0.25, -0.2) is 22.2 Å². The highest BCUT2D eigenvalue weighted by Gasteiger charge is 2.31. The van der Waals surface area contributed by atoms with Crippen molar-refractivity contribution in [1.29, 1.82) is 0 Å². The lowest BCUT2D eigenvalue weighted by atomic mass is 10.0. The summed E-state index contributed by atoms with van der Waals surface area (Å²) < 4.78 is 96.2. The molecule has 2 heterocycles. The van der Waals surface area contributed by atoms with E-state index in [4.69, 9.17) is 5.73 Å². The van der Waals surface area contributed by atoms with Crippen LogP contribution in [-0.2, 0) is 27.4 Å². The molecule has 234 valence electrons. The minimum atomic E-state index is -4.70. The fourth-order valence-corrected chi connectivity index (χ4v) is 5.43. The maximum Gasteiger partial charge on any atom is 0.416 e. The normalized spacial score (nSPS) is 12.0. The number of amides is 1. The second-order valence-corrected chi connectivity index (χ2v) is 11.5. The third-order valence-electron chi connectivity index (χ3n) is 6.70. The number of aromatic nitrogens is 2. The summed E-state index contributed by atoms with van der Waals surface area (Å²) in [5, 5.41) is 3.01. The summed E-state index contributed by atoms with van der Waals surface area (Å²) in [4.78, 5) is 31.9. The topological polar surface area (TPSA) is 145 Å². The number of carbonyl (C=O) groups excluding carboxylic acids is 2. The molecule has 4 aromatic rings. The van der Waals surface area contributed by atoms with Crippen molar-refractivity contribution in [1.82, 2.24) is 15.3 Å². The summed E-state index contributed by atoms with van der Waals surface area (Å²) in [5.74, 6) is -4.11. The number of alkyl halides is 3. The predicted molar refractivity (Wildman–Crippen MR) is 153 cm³/mol. The molecule has 2 aromatic carbocycles. The first-order chi connectivity index (χ1) is 20.8. The molecule has 0 fully saturated rings. The Morgan fingerprint density at radius 1 is 1.00 bits per heavy atom. The van der Waals surface area contributed by atoms with Gasteiger partial charge in [0.2, 0.25) is 11.7 Å². The number of halogens is 5. The lowest BCUT2D eigenvalue weighted by Gasteiger charge is -2.13. The first-order valence-electron chi connectivity index (χ1n) is 13.4. The molecule has 15 heteroatoms. The molecule has 1 amide bonds. The number of rotatable bonds is 13. The van der Waals surface area contributed by atoms with E-state index >= 15 is 4.39 Å². The Labute approximate surface area is 249 Å². The van der Waals surface area contributed by atoms with Gasteiger partial charge in [0, 0.05) is 36.3 Å². The zero-order valence-electron chi connectivity index (χ0n) is 23.0. The van der Waals surface area contributed by atoms with Crippen LogP contribution in [0.4, 0.5) is 27.6 Å². The summed E-state index contributed by atoms with van der Waals surface area (Å²) in [6.45, 7) is 0.825. The van der Waals surface area contributed by atoms with E-state index < -0.39 is 55.3 Å². The van der Waals surface area contributed by atoms with Crippen LogP contribution in [-0.4, -0.2) is 43.2 Å². The molecule has 0 unspecified atom stereocenters. The Bertz CT molecular complexity index is 1770. The number of aryl methyl sites for hydroxylation is 1. The van der Waals surface area contributed by atoms with Crippen LogP contribution in [0, 0.1) is 11.6 Å². The molecule has 9 nitrogen and oxygen atoms in total. The summed E-state index contributed by atoms with van der Waals surface area (Å²) in [7, 11) is -4.62. The van der Waals surface area contributed by atoms with E-state index in [-0.39, 0.29) is 35.3 Å². The summed E-state index contributed by atoms with van der Waals surface area (Å²) >= 11 is 0. The highest BCUT2D eigenvalue weighted by molar-refractivity contribution is 7.92. The number of sulfonamides is 1. The van der Waals surface area contributed by atoms with Crippen molar-refractivity contribution >= 4 is 38.4 Å². The summed E-state index contributed by atoms with van der Waals surface area (Å²) in [6, 6.07) is 5.43. The number of anilines is 1. The average Bonchev–Trinajstić information content (AvgIpc) is 3.40. The maximum absolute atomic E-state index is 15.5. The molecule has 2 aromatic heterocycles. The number of aromatic amines is 1. The lowest BCUT2D eigenvalue weighted by Crippen LogP contribution is -2.24. The molecule has 4 rings (SSSR count). The quantitative estimate of drug-likeness (QED) is 0.0914. The number of nitrogens with zero attached hydrogens (tertiary/aromatic N) is 1. The van der Waals surface area contributed by atoms with Gasteiger partial charge in [-0.1, -0.05) is 12.8 Å². The molecule has 0 radical (unpaired) electrons. The molecule has 4 N–H and O–H groups in total. The number of ketones is 1. The Morgan fingerprint density at radius 3 is 2.41 bits per heavy atom. The Kier molecular flexibility index (Phi) is 9.99. The van der Waals surface area contributed by atoms with E-state index in [1.54, 1.807) is 6.07 Å². The van der Waals surface area contributed by atoms with Crippen LogP contribution in [0.2, 0.25) is 0 Å². The van der Waals surface area contributed by atoms with Crippen LogP contribution >= 0.6 is 0 Å². The van der Waals surface area contributed by atoms with Crippen molar-refractivity contribution in [3.8, 4) is 0 Å². The summed E-state index contributed by atoms with van der Waals surface area (Å²) in [6.07, 6.45) is 0.743. The van der Waals surface area contributed by atoms with Gasteiger partial charge in [0.25, 0.3) is 10.0 Å². The Morgan fingerprint density at radius 2 is 1.73 bits per heavy atom. The van der Waals surface area contributed by atoms with Gasteiger partial charge in [-0.2, -0.15) is 19.7 Å². The first-order valence-corrected chi connectivity index (χ1v) is 14.9. The highest BCUT2D eigenvalue weighted by atomic mass is 32.2. The number of H-pyrrole nitrogens is 1.